The molecule has 1 aromatic heterocycles. The van der Waals surface area contributed by atoms with Crippen LogP contribution in [0.1, 0.15) is 26.9 Å². The average Bonchev–Trinajstić information content (AvgIpc) is 3.22. The quantitative estimate of drug-likeness (QED) is 0.643. The molecular weight excluding hydrogens is 407 g/mol. The number of amides is 1. The number of benzene rings is 2. The number of sulfone groups is 1. The van der Waals surface area contributed by atoms with Crippen LogP contribution in [0.4, 0.5) is 13.2 Å². The fourth-order valence-electron chi connectivity index (χ4n) is 2.71. The van der Waals surface area contributed by atoms with Crippen molar-refractivity contribution in [2.24, 2.45) is 0 Å². The van der Waals surface area contributed by atoms with Gasteiger partial charge in [0.1, 0.15) is 11.0 Å². The minimum atomic E-state index is -4.51. The third-order valence-electron chi connectivity index (χ3n) is 4.23. The Balaban J connectivity index is 1.80. The summed E-state index contributed by atoms with van der Waals surface area (Å²) >= 11 is 0. The highest BCUT2D eigenvalue weighted by Gasteiger charge is 2.32. The molecule has 9 heteroatoms. The Labute approximate surface area is 165 Å². The van der Waals surface area contributed by atoms with Crippen LogP contribution < -0.4 is 5.32 Å². The second-order valence-electron chi connectivity index (χ2n) is 6.15. The third kappa shape index (κ3) is 4.68. The monoisotopic (exact) mass is 423 g/mol. The largest absolute Gasteiger partial charge is 0.468 e. The zero-order valence-electron chi connectivity index (χ0n) is 14.9. The van der Waals surface area contributed by atoms with E-state index in [0.29, 0.717) is 0 Å². The smallest absolute Gasteiger partial charge is 0.416 e. The predicted molar refractivity (Wildman–Crippen MR) is 98.9 cm³/mol. The van der Waals surface area contributed by atoms with Gasteiger partial charge in [-0.25, -0.2) is 8.42 Å². The van der Waals surface area contributed by atoms with Crippen molar-refractivity contribution < 1.29 is 30.8 Å². The molecule has 0 radical (unpaired) electrons. The summed E-state index contributed by atoms with van der Waals surface area (Å²) in [7, 11) is -3.89. The van der Waals surface area contributed by atoms with Crippen LogP contribution in [0.2, 0.25) is 0 Å². The van der Waals surface area contributed by atoms with E-state index in [0.717, 1.165) is 24.3 Å². The van der Waals surface area contributed by atoms with Gasteiger partial charge in [-0.1, -0.05) is 18.2 Å². The first-order chi connectivity index (χ1) is 13.7. The summed E-state index contributed by atoms with van der Waals surface area (Å²) in [6, 6.07) is 14.4. The fourth-order valence-corrected chi connectivity index (χ4v) is 4.32. The summed E-state index contributed by atoms with van der Waals surface area (Å²) in [5, 5.41) is 1.27. The summed E-state index contributed by atoms with van der Waals surface area (Å²) in [4.78, 5) is 12.4. The molecule has 1 amide bonds. The minimum Gasteiger partial charge on any atom is -0.468 e. The van der Waals surface area contributed by atoms with E-state index in [4.69, 9.17) is 4.42 Å². The molecule has 0 bridgehead atoms. The molecule has 29 heavy (non-hydrogen) atoms. The number of alkyl halides is 3. The first kappa shape index (κ1) is 20.7. The number of carbonyl (C=O) groups is 1. The first-order valence-corrected chi connectivity index (χ1v) is 10.0. The topological polar surface area (TPSA) is 76.4 Å². The number of rotatable bonds is 6. The Morgan fingerprint density at radius 3 is 2.17 bits per heavy atom. The van der Waals surface area contributed by atoms with Gasteiger partial charge in [-0.2, -0.15) is 13.2 Å². The molecule has 0 aliphatic carbocycles. The lowest BCUT2D eigenvalue weighted by Crippen LogP contribution is -2.31. The molecule has 2 aromatic carbocycles. The fraction of sp³-hybridized carbons (Fsp3) is 0.150. The van der Waals surface area contributed by atoms with E-state index in [1.165, 1.54) is 30.5 Å². The van der Waals surface area contributed by atoms with Crippen molar-refractivity contribution in [3.8, 4) is 0 Å². The highest BCUT2D eigenvalue weighted by atomic mass is 32.2. The highest BCUT2D eigenvalue weighted by Crippen LogP contribution is 2.30. The Morgan fingerprint density at radius 2 is 1.62 bits per heavy atom. The van der Waals surface area contributed by atoms with E-state index in [-0.39, 0.29) is 22.8 Å². The van der Waals surface area contributed by atoms with Crippen molar-refractivity contribution in [2.75, 3.05) is 6.54 Å². The predicted octanol–water partition coefficient (Wildman–Crippen LogP) is 4.24. The van der Waals surface area contributed by atoms with E-state index >= 15 is 0 Å². The number of nitrogens with one attached hydrogen (secondary N) is 1. The van der Waals surface area contributed by atoms with E-state index in [1.54, 1.807) is 18.2 Å². The Bertz CT molecular complexity index is 1060. The van der Waals surface area contributed by atoms with Gasteiger partial charge in [-0.3, -0.25) is 4.79 Å². The van der Waals surface area contributed by atoms with Gasteiger partial charge in [0, 0.05) is 12.1 Å². The molecule has 0 saturated carbocycles. The highest BCUT2D eigenvalue weighted by molar-refractivity contribution is 7.91. The number of furan rings is 1. The molecule has 1 N–H and O–H groups in total. The van der Waals surface area contributed by atoms with Crippen molar-refractivity contribution in [2.45, 2.75) is 16.3 Å². The maximum atomic E-state index is 13.0. The minimum absolute atomic E-state index is 0.0201. The third-order valence-corrected chi connectivity index (χ3v) is 6.31. The number of hydrogen-bond acceptors (Lipinski definition) is 4. The molecule has 152 valence electrons. The molecule has 1 atom stereocenters. The van der Waals surface area contributed by atoms with Gasteiger partial charge in [0.15, 0.2) is 9.84 Å². The average molecular weight is 423 g/mol. The van der Waals surface area contributed by atoms with Crippen molar-refractivity contribution in [1.82, 2.24) is 5.32 Å². The zero-order chi connectivity index (χ0) is 21.1. The van der Waals surface area contributed by atoms with Gasteiger partial charge in [0.25, 0.3) is 5.91 Å². The Hall–Kier alpha value is -3.07. The lowest BCUT2D eigenvalue weighted by Gasteiger charge is -2.17. The lowest BCUT2D eigenvalue weighted by atomic mass is 10.1. The van der Waals surface area contributed by atoms with Crippen molar-refractivity contribution in [3.63, 3.8) is 0 Å². The summed E-state index contributed by atoms with van der Waals surface area (Å²) in [5.74, 6) is -0.555. The van der Waals surface area contributed by atoms with Gasteiger partial charge >= 0.3 is 6.18 Å². The maximum absolute atomic E-state index is 13.0. The maximum Gasteiger partial charge on any atom is 0.416 e. The molecule has 0 unspecified atom stereocenters. The van der Waals surface area contributed by atoms with Gasteiger partial charge in [-0.15, -0.1) is 0 Å². The lowest BCUT2D eigenvalue weighted by molar-refractivity contribution is -0.137. The summed E-state index contributed by atoms with van der Waals surface area (Å²) < 4.78 is 69.2. The molecule has 3 rings (SSSR count). The Morgan fingerprint density at radius 1 is 0.966 bits per heavy atom. The van der Waals surface area contributed by atoms with Crippen LogP contribution >= 0.6 is 0 Å². The van der Waals surface area contributed by atoms with Crippen LogP contribution in [0.15, 0.2) is 82.3 Å². The van der Waals surface area contributed by atoms with E-state index < -0.39 is 32.7 Å². The normalized spacial score (nSPS) is 13.1. The second kappa shape index (κ2) is 8.12. The van der Waals surface area contributed by atoms with Gasteiger partial charge in [0.2, 0.25) is 0 Å². The van der Waals surface area contributed by atoms with Crippen molar-refractivity contribution >= 4 is 15.7 Å². The van der Waals surface area contributed by atoms with Crippen LogP contribution in [0.3, 0.4) is 0 Å². The van der Waals surface area contributed by atoms with Crippen LogP contribution in [-0.2, 0) is 16.0 Å². The van der Waals surface area contributed by atoms with Gasteiger partial charge in [-0.05, 0) is 48.5 Å². The van der Waals surface area contributed by atoms with E-state index in [1.807, 2.05) is 0 Å². The van der Waals surface area contributed by atoms with E-state index in [2.05, 4.69) is 5.32 Å². The van der Waals surface area contributed by atoms with Crippen molar-refractivity contribution in [1.29, 1.82) is 0 Å². The second-order valence-corrected chi connectivity index (χ2v) is 8.28. The standard InChI is InChI=1S/C20H16F3NO4S/c21-20(22,23)15-10-8-14(9-11-15)19(25)24-13-18(17-7-4-12-28-17)29(26,27)16-5-2-1-3-6-16/h1-12,18H,13H2,(H,24,25)/t18-/m1/s1. The van der Waals surface area contributed by atoms with Gasteiger partial charge in [0.05, 0.1) is 16.7 Å². The van der Waals surface area contributed by atoms with Crippen LogP contribution in [0, 0.1) is 0 Å². The van der Waals surface area contributed by atoms with Crippen LogP contribution in [-0.4, -0.2) is 20.9 Å². The first-order valence-electron chi connectivity index (χ1n) is 8.47. The van der Waals surface area contributed by atoms with Gasteiger partial charge < -0.3 is 9.73 Å². The molecule has 0 saturated heterocycles. The molecule has 0 aliphatic rings. The molecule has 0 aliphatic heterocycles. The number of carbonyl (C=O) groups excluding carboxylic acids is 1. The Kier molecular flexibility index (Phi) is 5.78. The van der Waals surface area contributed by atoms with Crippen LogP contribution in [0.5, 0.6) is 0 Å². The number of halogens is 3. The SMILES string of the molecule is O=C(NC[C@H](c1ccco1)S(=O)(=O)c1ccccc1)c1ccc(C(F)(F)F)cc1. The molecule has 0 spiro atoms. The van der Waals surface area contributed by atoms with Crippen LogP contribution in [0.25, 0.3) is 0 Å². The summed E-state index contributed by atoms with van der Waals surface area (Å²) in [6.07, 6.45) is -3.19. The summed E-state index contributed by atoms with van der Waals surface area (Å²) in [5.41, 5.74) is -0.900. The molecule has 0 fully saturated rings. The summed E-state index contributed by atoms with van der Waals surface area (Å²) in [6.45, 7) is -0.315. The molecular formula is C20H16F3NO4S. The molecule has 5 nitrogen and oxygen atoms in total. The number of hydrogen-bond donors (Lipinski definition) is 1. The molecule has 3 aromatic rings. The van der Waals surface area contributed by atoms with Crippen molar-refractivity contribution in [3.05, 3.63) is 89.9 Å². The molecule has 1 heterocycles. The zero-order valence-corrected chi connectivity index (χ0v) is 15.7. The van der Waals surface area contributed by atoms with E-state index in [9.17, 15) is 26.4 Å².